The van der Waals surface area contributed by atoms with E-state index in [1.54, 1.807) is 0 Å². The molecule has 0 aliphatic carbocycles. The number of nitrogens with zero attached hydrogens (tertiary/aromatic N) is 1. The molecule has 0 amide bonds. The summed E-state index contributed by atoms with van der Waals surface area (Å²) in [6, 6.07) is 20.3. The van der Waals surface area contributed by atoms with E-state index in [0.717, 1.165) is 22.4 Å². The Bertz CT molecular complexity index is 990. The molecule has 1 atom stereocenters. The second kappa shape index (κ2) is 7.00. The van der Waals surface area contributed by atoms with Crippen LogP contribution in [0, 0.1) is 12.8 Å². The summed E-state index contributed by atoms with van der Waals surface area (Å²) in [5, 5.41) is 0. The minimum Gasteiger partial charge on any atom is -0.200 e. The smallest absolute Gasteiger partial charge is 0.200 e. The van der Waals surface area contributed by atoms with Crippen LogP contribution in [-0.4, -0.2) is 0 Å². The molecule has 1 heterocycles. The molecule has 0 bridgehead atoms. The van der Waals surface area contributed by atoms with Gasteiger partial charge in [-0.2, -0.15) is 0 Å². The van der Waals surface area contributed by atoms with Crippen LogP contribution in [0.4, 0.5) is 0 Å². The van der Waals surface area contributed by atoms with Gasteiger partial charge in [-0.3, -0.25) is 0 Å². The van der Waals surface area contributed by atoms with E-state index in [4.69, 9.17) is 5.48 Å². The van der Waals surface area contributed by atoms with Gasteiger partial charge in [0.15, 0.2) is 6.20 Å². The molecule has 1 unspecified atom stereocenters. The SMILES string of the molecule is [2H]C([2H])([2H])C([2H])(C)Cc1cccc(-c2ccc(-c3ccccc3C)[n+](C)c2)c1. The molecular formula is C23H26N+. The second-order valence-electron chi connectivity index (χ2n) is 6.39. The predicted octanol–water partition coefficient (Wildman–Crippen LogP) is 5.35. The molecule has 1 nitrogen and oxygen atoms in total. The highest BCUT2D eigenvalue weighted by molar-refractivity contribution is 5.66. The van der Waals surface area contributed by atoms with Crippen LogP contribution < -0.4 is 4.57 Å². The van der Waals surface area contributed by atoms with Crippen LogP contribution in [0.3, 0.4) is 0 Å². The van der Waals surface area contributed by atoms with Crippen molar-refractivity contribution in [2.24, 2.45) is 12.9 Å². The summed E-state index contributed by atoms with van der Waals surface area (Å²) < 4.78 is 33.1. The van der Waals surface area contributed by atoms with Crippen LogP contribution in [0.25, 0.3) is 22.4 Å². The van der Waals surface area contributed by atoms with Crippen LogP contribution in [0.2, 0.25) is 0 Å². The second-order valence-corrected chi connectivity index (χ2v) is 6.39. The number of aryl methyl sites for hydroxylation is 2. The third-order valence-corrected chi connectivity index (χ3v) is 4.28. The zero-order chi connectivity index (χ0) is 20.5. The molecule has 3 aromatic rings. The first-order chi connectivity index (χ1) is 13.1. The summed E-state index contributed by atoms with van der Waals surface area (Å²) in [6.45, 7) is 1.27. The van der Waals surface area contributed by atoms with Crippen molar-refractivity contribution in [3.8, 4) is 22.4 Å². The van der Waals surface area contributed by atoms with Crippen LogP contribution >= 0.6 is 0 Å². The maximum atomic E-state index is 8.20. The van der Waals surface area contributed by atoms with Crippen molar-refractivity contribution in [2.75, 3.05) is 0 Å². The zero-order valence-corrected chi connectivity index (χ0v) is 14.5. The van der Waals surface area contributed by atoms with Crippen LogP contribution in [-0.2, 0) is 13.5 Å². The Balaban J connectivity index is 1.93. The summed E-state index contributed by atoms with van der Waals surface area (Å²) >= 11 is 0. The maximum Gasteiger partial charge on any atom is 0.212 e. The molecule has 24 heavy (non-hydrogen) atoms. The molecule has 0 radical (unpaired) electrons. The highest BCUT2D eigenvalue weighted by atomic mass is 14.9. The molecule has 2 aromatic carbocycles. The molecular weight excluding hydrogens is 290 g/mol. The van der Waals surface area contributed by atoms with Gasteiger partial charge in [0.1, 0.15) is 7.05 Å². The van der Waals surface area contributed by atoms with Crippen molar-refractivity contribution in [1.29, 1.82) is 0 Å². The van der Waals surface area contributed by atoms with E-state index in [-0.39, 0.29) is 6.42 Å². The zero-order valence-electron chi connectivity index (χ0n) is 18.5. The van der Waals surface area contributed by atoms with Gasteiger partial charge in [0.25, 0.3) is 0 Å². The molecule has 0 fully saturated rings. The number of aromatic nitrogens is 1. The van der Waals surface area contributed by atoms with Gasteiger partial charge in [0.2, 0.25) is 5.69 Å². The lowest BCUT2D eigenvalue weighted by Crippen LogP contribution is -2.30. The molecule has 122 valence electrons. The Morgan fingerprint density at radius 1 is 1.04 bits per heavy atom. The van der Waals surface area contributed by atoms with Crippen LogP contribution in [0.1, 0.15) is 30.4 Å². The highest BCUT2D eigenvalue weighted by Crippen LogP contribution is 2.24. The summed E-state index contributed by atoms with van der Waals surface area (Å²) in [7, 11) is 2.03. The Morgan fingerprint density at radius 3 is 2.62 bits per heavy atom. The molecule has 1 aromatic heterocycles. The van der Waals surface area contributed by atoms with Gasteiger partial charge in [-0.25, -0.2) is 4.57 Å². The highest BCUT2D eigenvalue weighted by Gasteiger charge is 2.13. The minimum atomic E-state index is -2.31. The van der Waals surface area contributed by atoms with E-state index in [2.05, 4.69) is 42.0 Å². The Morgan fingerprint density at radius 2 is 1.88 bits per heavy atom. The average molecular weight is 320 g/mol. The molecule has 0 aliphatic heterocycles. The van der Waals surface area contributed by atoms with E-state index < -0.39 is 12.7 Å². The maximum absolute atomic E-state index is 8.20. The first-order valence-corrected chi connectivity index (χ1v) is 8.23. The molecule has 0 aliphatic rings. The molecule has 0 N–H and O–H groups in total. The normalized spacial score (nSPS) is 16.5. The van der Waals surface area contributed by atoms with Gasteiger partial charge in [0, 0.05) is 22.7 Å². The van der Waals surface area contributed by atoms with E-state index in [9.17, 15) is 0 Å². The quantitative estimate of drug-likeness (QED) is 0.570. The number of hydrogen-bond donors (Lipinski definition) is 0. The van der Waals surface area contributed by atoms with Gasteiger partial charge in [0.05, 0.1) is 0 Å². The van der Waals surface area contributed by atoms with Gasteiger partial charge in [-0.05, 0) is 48.1 Å². The fourth-order valence-corrected chi connectivity index (χ4v) is 3.09. The summed E-state index contributed by atoms with van der Waals surface area (Å²) in [5.41, 5.74) is 6.50. The molecule has 3 rings (SSSR count). The van der Waals surface area contributed by atoms with Crippen LogP contribution in [0.15, 0.2) is 66.9 Å². The van der Waals surface area contributed by atoms with Gasteiger partial charge < -0.3 is 0 Å². The Kier molecular flexibility index (Phi) is 3.51. The van der Waals surface area contributed by atoms with Crippen molar-refractivity contribution in [1.82, 2.24) is 0 Å². The van der Waals surface area contributed by atoms with Crippen molar-refractivity contribution >= 4 is 0 Å². The molecule has 0 saturated carbocycles. The number of hydrogen-bond acceptors (Lipinski definition) is 0. The number of benzene rings is 2. The lowest BCUT2D eigenvalue weighted by Gasteiger charge is -2.09. The standard InChI is InChI=1S/C23H26N/c1-17(2)14-19-9-7-10-20(15-19)21-12-13-23(24(4)16-21)22-11-6-5-8-18(22)3/h5-13,15-17H,14H2,1-4H3/q+1/i1D3,17D. The largest absolute Gasteiger partial charge is 0.212 e. The first kappa shape index (κ1) is 12.0. The van der Waals surface area contributed by atoms with E-state index in [0.29, 0.717) is 0 Å². The Labute approximate surface area is 151 Å². The third kappa shape index (κ3) is 3.56. The summed E-state index contributed by atoms with van der Waals surface area (Å²) in [6.07, 6.45) is 2.27. The topological polar surface area (TPSA) is 3.88 Å². The first-order valence-electron chi connectivity index (χ1n) is 10.2. The van der Waals surface area contributed by atoms with Crippen LogP contribution in [0.5, 0.6) is 0 Å². The van der Waals surface area contributed by atoms with Crippen molar-refractivity contribution < 1.29 is 10.1 Å². The van der Waals surface area contributed by atoms with Gasteiger partial charge in [-0.1, -0.05) is 56.2 Å². The predicted molar refractivity (Wildman–Crippen MR) is 102 cm³/mol. The average Bonchev–Trinajstić information content (AvgIpc) is 2.61. The van der Waals surface area contributed by atoms with Gasteiger partial charge in [-0.15, -0.1) is 0 Å². The fraction of sp³-hybridized carbons (Fsp3) is 0.261. The van der Waals surface area contributed by atoms with E-state index in [1.165, 1.54) is 18.1 Å². The van der Waals surface area contributed by atoms with Gasteiger partial charge >= 0.3 is 0 Å². The van der Waals surface area contributed by atoms with E-state index in [1.807, 2.05) is 43.4 Å². The molecule has 1 heteroatoms. The van der Waals surface area contributed by atoms with E-state index >= 15 is 0 Å². The molecule has 0 spiro atoms. The molecule has 0 saturated heterocycles. The van der Waals surface area contributed by atoms with Crippen molar-refractivity contribution in [3.63, 3.8) is 0 Å². The number of pyridine rings is 1. The van der Waals surface area contributed by atoms with Crippen molar-refractivity contribution in [3.05, 3.63) is 78.0 Å². The lowest BCUT2D eigenvalue weighted by atomic mass is 9.98. The Hall–Kier alpha value is -2.41. The fourth-order valence-electron chi connectivity index (χ4n) is 3.09. The monoisotopic (exact) mass is 320 g/mol. The number of rotatable bonds is 4. The minimum absolute atomic E-state index is 0.185. The lowest BCUT2D eigenvalue weighted by molar-refractivity contribution is -0.659. The summed E-state index contributed by atoms with van der Waals surface area (Å²) in [5.74, 6) is -1.51. The van der Waals surface area contributed by atoms with Crippen molar-refractivity contribution in [2.45, 2.75) is 27.1 Å². The third-order valence-electron chi connectivity index (χ3n) is 4.28. The summed E-state index contributed by atoms with van der Waals surface area (Å²) in [4.78, 5) is 0.